The average Bonchev–Trinajstić information content (AvgIpc) is 2.66. The molecular weight excluding hydrogens is 366 g/mol. The van der Waals surface area contributed by atoms with Gasteiger partial charge in [0.15, 0.2) is 5.16 Å². The Bertz CT molecular complexity index is 783. The fraction of sp³-hybridized carbons (Fsp3) is 0.278. The van der Waals surface area contributed by atoms with E-state index in [1.165, 1.54) is 23.6 Å². The van der Waals surface area contributed by atoms with Crippen molar-refractivity contribution in [2.24, 2.45) is 0 Å². The quantitative estimate of drug-likeness (QED) is 0.530. The van der Waals surface area contributed by atoms with Crippen molar-refractivity contribution in [2.75, 3.05) is 29.5 Å². The van der Waals surface area contributed by atoms with E-state index < -0.39 is 0 Å². The molecule has 0 unspecified atom stereocenters. The van der Waals surface area contributed by atoms with Crippen molar-refractivity contribution in [2.45, 2.75) is 19.0 Å². The van der Waals surface area contributed by atoms with Crippen LogP contribution in [0.25, 0.3) is 0 Å². The van der Waals surface area contributed by atoms with Crippen LogP contribution < -0.4 is 10.6 Å². The first-order valence-electron chi connectivity index (χ1n) is 8.33. The number of benzene rings is 1. The smallest absolute Gasteiger partial charge is 0.243 e. The Hall–Kier alpha value is -2.94. The van der Waals surface area contributed by atoms with Crippen LogP contribution in [0.15, 0.2) is 47.9 Å². The van der Waals surface area contributed by atoms with Gasteiger partial charge in [-0.05, 0) is 37.3 Å². The summed E-state index contributed by atoms with van der Waals surface area (Å²) in [5, 5.41) is 5.91. The Labute approximate surface area is 161 Å². The summed E-state index contributed by atoms with van der Waals surface area (Å²) >= 11 is 1.23. The standard InChI is InChI=1S/C18H21N5O3S/c1-3-23(17(26)12-27-18-19-9-4-10-20-18)11-16(25)22-15-7-5-14(6-8-15)21-13(2)24/h4-10H,3,11-12H2,1-2H3,(H,21,24)(H,22,25). The van der Waals surface area contributed by atoms with Gasteiger partial charge in [0.25, 0.3) is 0 Å². The van der Waals surface area contributed by atoms with Crippen molar-refractivity contribution in [3.8, 4) is 0 Å². The van der Waals surface area contributed by atoms with E-state index in [4.69, 9.17) is 0 Å². The van der Waals surface area contributed by atoms with Gasteiger partial charge < -0.3 is 15.5 Å². The minimum absolute atomic E-state index is 0.0427. The summed E-state index contributed by atoms with van der Waals surface area (Å²) in [5.41, 5.74) is 1.23. The zero-order valence-corrected chi connectivity index (χ0v) is 16.0. The first-order chi connectivity index (χ1) is 13.0. The largest absolute Gasteiger partial charge is 0.333 e. The van der Waals surface area contributed by atoms with Crippen LogP contribution in [0.4, 0.5) is 11.4 Å². The van der Waals surface area contributed by atoms with Gasteiger partial charge in [-0.3, -0.25) is 14.4 Å². The minimum Gasteiger partial charge on any atom is -0.333 e. The number of aromatic nitrogens is 2. The van der Waals surface area contributed by atoms with Crippen LogP contribution in [-0.2, 0) is 14.4 Å². The summed E-state index contributed by atoms with van der Waals surface area (Å²) in [6, 6.07) is 8.46. The van der Waals surface area contributed by atoms with E-state index in [0.717, 1.165) is 0 Å². The molecule has 0 aliphatic rings. The molecule has 0 aliphatic carbocycles. The monoisotopic (exact) mass is 387 g/mol. The summed E-state index contributed by atoms with van der Waals surface area (Å²) in [6.45, 7) is 3.62. The molecule has 8 nitrogen and oxygen atoms in total. The highest BCUT2D eigenvalue weighted by Crippen LogP contribution is 2.14. The van der Waals surface area contributed by atoms with Gasteiger partial charge in [-0.15, -0.1) is 0 Å². The lowest BCUT2D eigenvalue weighted by Crippen LogP contribution is -2.38. The number of hydrogen-bond donors (Lipinski definition) is 2. The average molecular weight is 387 g/mol. The molecule has 27 heavy (non-hydrogen) atoms. The predicted molar refractivity (Wildman–Crippen MR) is 104 cm³/mol. The fourth-order valence-corrected chi connectivity index (χ4v) is 2.87. The molecule has 0 radical (unpaired) electrons. The maximum absolute atomic E-state index is 12.3. The summed E-state index contributed by atoms with van der Waals surface area (Å²) in [7, 11) is 0. The number of carbonyl (C=O) groups excluding carboxylic acids is 3. The number of carbonyl (C=O) groups is 3. The number of likely N-dealkylation sites (N-methyl/N-ethyl adjacent to an activating group) is 1. The Kier molecular flexibility index (Phi) is 7.75. The third-order valence-corrected chi connectivity index (χ3v) is 4.29. The molecule has 0 saturated carbocycles. The zero-order chi connectivity index (χ0) is 19.6. The highest BCUT2D eigenvalue weighted by Gasteiger charge is 2.16. The minimum atomic E-state index is -0.293. The number of nitrogens with one attached hydrogen (secondary N) is 2. The fourth-order valence-electron chi connectivity index (χ4n) is 2.17. The maximum atomic E-state index is 12.3. The molecule has 0 saturated heterocycles. The second-order valence-electron chi connectivity index (χ2n) is 5.53. The molecule has 0 fully saturated rings. The second-order valence-corrected chi connectivity index (χ2v) is 6.48. The lowest BCUT2D eigenvalue weighted by atomic mass is 10.2. The van der Waals surface area contributed by atoms with Gasteiger partial charge >= 0.3 is 0 Å². The summed E-state index contributed by atoms with van der Waals surface area (Å²) < 4.78 is 0. The van der Waals surface area contributed by atoms with Crippen molar-refractivity contribution in [1.29, 1.82) is 0 Å². The highest BCUT2D eigenvalue weighted by molar-refractivity contribution is 7.99. The molecule has 2 rings (SSSR count). The zero-order valence-electron chi connectivity index (χ0n) is 15.1. The third kappa shape index (κ3) is 7.06. The van der Waals surface area contributed by atoms with Gasteiger partial charge in [-0.2, -0.15) is 0 Å². The molecule has 0 bridgehead atoms. The predicted octanol–water partition coefficient (Wildman–Crippen LogP) is 2.01. The topological polar surface area (TPSA) is 104 Å². The van der Waals surface area contributed by atoms with E-state index in [2.05, 4.69) is 20.6 Å². The molecule has 1 aromatic heterocycles. The van der Waals surface area contributed by atoms with Crippen LogP contribution in [0.2, 0.25) is 0 Å². The number of rotatable bonds is 8. The van der Waals surface area contributed by atoms with Gasteiger partial charge in [0, 0.05) is 37.2 Å². The highest BCUT2D eigenvalue weighted by atomic mass is 32.2. The van der Waals surface area contributed by atoms with Crippen molar-refractivity contribution in [3.05, 3.63) is 42.7 Å². The van der Waals surface area contributed by atoms with Crippen molar-refractivity contribution in [1.82, 2.24) is 14.9 Å². The first kappa shape index (κ1) is 20.4. The van der Waals surface area contributed by atoms with Gasteiger partial charge in [0.2, 0.25) is 17.7 Å². The SMILES string of the molecule is CCN(CC(=O)Nc1ccc(NC(C)=O)cc1)C(=O)CSc1ncccn1. The third-order valence-electron chi connectivity index (χ3n) is 3.42. The number of hydrogen-bond acceptors (Lipinski definition) is 6. The summed E-state index contributed by atoms with van der Waals surface area (Å²) in [4.78, 5) is 45.1. The molecule has 2 aromatic rings. The summed E-state index contributed by atoms with van der Waals surface area (Å²) in [6.07, 6.45) is 3.23. The normalized spacial score (nSPS) is 10.1. The Morgan fingerprint density at radius 2 is 1.63 bits per heavy atom. The molecule has 142 valence electrons. The van der Waals surface area contributed by atoms with Crippen LogP contribution in [0.1, 0.15) is 13.8 Å². The van der Waals surface area contributed by atoms with Crippen LogP contribution in [0, 0.1) is 0 Å². The molecule has 1 heterocycles. The Morgan fingerprint density at radius 1 is 1.04 bits per heavy atom. The van der Waals surface area contributed by atoms with Crippen molar-refractivity contribution < 1.29 is 14.4 Å². The van der Waals surface area contributed by atoms with E-state index in [9.17, 15) is 14.4 Å². The second kappa shape index (κ2) is 10.3. The first-order valence-corrected chi connectivity index (χ1v) is 9.31. The Balaban J connectivity index is 1.84. The molecule has 0 atom stereocenters. The van der Waals surface area contributed by atoms with E-state index in [0.29, 0.717) is 23.1 Å². The van der Waals surface area contributed by atoms with E-state index >= 15 is 0 Å². The maximum Gasteiger partial charge on any atom is 0.243 e. The van der Waals surface area contributed by atoms with Crippen LogP contribution >= 0.6 is 11.8 Å². The Morgan fingerprint density at radius 3 is 2.19 bits per heavy atom. The molecular formula is C18H21N5O3S. The van der Waals surface area contributed by atoms with Crippen molar-refractivity contribution in [3.63, 3.8) is 0 Å². The van der Waals surface area contributed by atoms with Crippen LogP contribution in [0.5, 0.6) is 0 Å². The lowest BCUT2D eigenvalue weighted by molar-refractivity contribution is -0.132. The van der Waals surface area contributed by atoms with Gasteiger partial charge in [0.05, 0.1) is 12.3 Å². The van der Waals surface area contributed by atoms with E-state index in [-0.39, 0.29) is 30.0 Å². The van der Waals surface area contributed by atoms with E-state index in [1.54, 1.807) is 42.7 Å². The number of amides is 3. The van der Waals surface area contributed by atoms with E-state index in [1.807, 2.05) is 6.92 Å². The molecule has 9 heteroatoms. The number of anilines is 2. The van der Waals surface area contributed by atoms with Gasteiger partial charge in [-0.1, -0.05) is 11.8 Å². The van der Waals surface area contributed by atoms with Crippen molar-refractivity contribution >= 4 is 40.9 Å². The van der Waals surface area contributed by atoms with Crippen LogP contribution in [-0.4, -0.2) is 51.4 Å². The molecule has 1 aromatic carbocycles. The van der Waals surface area contributed by atoms with Gasteiger partial charge in [0.1, 0.15) is 0 Å². The van der Waals surface area contributed by atoms with Gasteiger partial charge in [-0.25, -0.2) is 9.97 Å². The number of thioether (sulfide) groups is 1. The molecule has 3 amide bonds. The lowest BCUT2D eigenvalue weighted by Gasteiger charge is -2.20. The number of nitrogens with zero attached hydrogens (tertiary/aromatic N) is 3. The van der Waals surface area contributed by atoms with Crippen LogP contribution in [0.3, 0.4) is 0 Å². The molecule has 2 N–H and O–H groups in total. The summed E-state index contributed by atoms with van der Waals surface area (Å²) in [5.74, 6) is -0.455. The molecule has 0 aliphatic heterocycles. The molecule has 0 spiro atoms.